The predicted octanol–water partition coefficient (Wildman–Crippen LogP) is 3.54. The molecule has 3 aliphatic rings. The number of rotatable bonds is 6. The maximum atomic E-state index is 13.5. The van der Waals surface area contributed by atoms with E-state index in [9.17, 15) is 19.6 Å². The molecule has 1 N–H and O–H groups in total. The zero-order chi connectivity index (χ0) is 29.9. The van der Waals surface area contributed by atoms with Crippen LogP contribution in [0, 0.1) is 22.6 Å². The van der Waals surface area contributed by atoms with Crippen molar-refractivity contribution in [3.8, 4) is 17.3 Å². The number of likely N-dealkylation sites (tertiary alicyclic amines) is 1. The molecule has 7 rings (SSSR count). The van der Waals surface area contributed by atoms with Gasteiger partial charge in [-0.15, -0.1) is 0 Å². The van der Waals surface area contributed by atoms with Crippen LogP contribution in [0.2, 0.25) is 0 Å². The number of aromatic nitrogens is 4. The molecule has 0 aliphatic carbocycles. The van der Waals surface area contributed by atoms with E-state index >= 15 is 0 Å². The van der Waals surface area contributed by atoms with Crippen molar-refractivity contribution >= 4 is 44.9 Å². The third-order valence-electron chi connectivity index (χ3n) is 8.77. The van der Waals surface area contributed by atoms with E-state index in [0.717, 1.165) is 30.0 Å². The van der Waals surface area contributed by atoms with E-state index in [2.05, 4.69) is 22.0 Å². The molecule has 3 fully saturated rings. The SMILES string of the molecule is CCn1nc2ncc(N3CC4(CN(C(=O)C5(O)CCOCC5)C4)C3)cc2c1N(C)c1nc(-c2ccc(F)cc2)c(C#N)s1. The fraction of sp³-hybridized carbons (Fsp3) is 0.433. The monoisotopic (exact) mass is 602 g/mol. The van der Waals surface area contributed by atoms with Crippen molar-refractivity contribution in [1.29, 1.82) is 5.26 Å². The maximum Gasteiger partial charge on any atom is 0.254 e. The minimum atomic E-state index is -1.30. The fourth-order valence-electron chi connectivity index (χ4n) is 6.43. The van der Waals surface area contributed by atoms with Crippen molar-refractivity contribution in [3.05, 3.63) is 47.2 Å². The Balaban J connectivity index is 1.11. The van der Waals surface area contributed by atoms with Crippen LogP contribution in [0.5, 0.6) is 0 Å². The van der Waals surface area contributed by atoms with Gasteiger partial charge in [-0.3, -0.25) is 4.79 Å². The van der Waals surface area contributed by atoms with Gasteiger partial charge in [0.1, 0.15) is 33.9 Å². The number of benzene rings is 1. The number of anilines is 3. The molecule has 0 unspecified atom stereocenters. The van der Waals surface area contributed by atoms with E-state index < -0.39 is 5.60 Å². The number of aliphatic hydroxyl groups is 1. The van der Waals surface area contributed by atoms with Crippen LogP contribution in [0.25, 0.3) is 22.3 Å². The lowest BCUT2D eigenvalue weighted by atomic mass is 9.71. The highest BCUT2D eigenvalue weighted by molar-refractivity contribution is 7.16. The standard InChI is InChI=1S/C30H31FN8O3S/c1-3-39-26(36(2)28-34-24(23(13-32)43-28)19-4-6-20(31)7-5-19)22-12-21(14-33-25(22)35-39)37-15-29(16-37)17-38(18-29)27(40)30(41)8-10-42-11-9-30/h4-7,12,14,41H,3,8-11,15-18H2,1-2H3. The average molecular weight is 603 g/mol. The number of hydrogen-bond acceptors (Lipinski definition) is 10. The van der Waals surface area contributed by atoms with Crippen LogP contribution in [0.3, 0.4) is 0 Å². The molecule has 13 heteroatoms. The Kier molecular flexibility index (Phi) is 6.61. The van der Waals surface area contributed by atoms with Crippen molar-refractivity contribution in [2.24, 2.45) is 5.41 Å². The van der Waals surface area contributed by atoms with Gasteiger partial charge in [0.25, 0.3) is 5.91 Å². The van der Waals surface area contributed by atoms with Crippen LogP contribution in [-0.2, 0) is 16.1 Å². The van der Waals surface area contributed by atoms with Crippen LogP contribution < -0.4 is 9.80 Å². The van der Waals surface area contributed by atoms with Gasteiger partial charge < -0.3 is 24.5 Å². The minimum absolute atomic E-state index is 0.0324. The molecule has 0 atom stereocenters. The largest absolute Gasteiger partial charge is 0.381 e. The molecule has 1 aromatic carbocycles. The van der Waals surface area contributed by atoms with Gasteiger partial charge in [0.15, 0.2) is 10.8 Å². The quantitative estimate of drug-likeness (QED) is 0.353. The molecule has 6 heterocycles. The summed E-state index contributed by atoms with van der Waals surface area (Å²) in [6, 6.07) is 10.3. The number of ether oxygens (including phenoxy) is 1. The van der Waals surface area contributed by atoms with Gasteiger partial charge in [0.05, 0.1) is 17.3 Å². The highest BCUT2D eigenvalue weighted by atomic mass is 32.1. The molecule has 3 saturated heterocycles. The Labute approximate surface area is 251 Å². The summed E-state index contributed by atoms with van der Waals surface area (Å²) < 4.78 is 20.7. The number of aryl methyl sites for hydroxylation is 1. The molecule has 222 valence electrons. The second-order valence-corrected chi connectivity index (χ2v) is 12.7. The summed E-state index contributed by atoms with van der Waals surface area (Å²) in [7, 11) is 1.90. The van der Waals surface area contributed by atoms with E-state index in [1.54, 1.807) is 17.0 Å². The first-order valence-electron chi connectivity index (χ1n) is 14.3. The highest BCUT2D eigenvalue weighted by Crippen LogP contribution is 2.44. The fourth-order valence-corrected chi connectivity index (χ4v) is 7.28. The molecule has 1 spiro atoms. The highest BCUT2D eigenvalue weighted by Gasteiger charge is 2.56. The number of halogens is 1. The Bertz CT molecular complexity index is 1740. The number of pyridine rings is 1. The Morgan fingerprint density at radius 2 is 1.93 bits per heavy atom. The first-order valence-corrected chi connectivity index (χ1v) is 15.2. The van der Waals surface area contributed by atoms with Crippen LogP contribution in [0.4, 0.5) is 21.0 Å². The van der Waals surface area contributed by atoms with Gasteiger partial charge in [0, 0.05) is 76.8 Å². The predicted molar refractivity (Wildman–Crippen MR) is 160 cm³/mol. The molecular weight excluding hydrogens is 571 g/mol. The smallest absolute Gasteiger partial charge is 0.254 e. The Morgan fingerprint density at radius 1 is 1.21 bits per heavy atom. The molecular formula is C30H31FN8O3S. The lowest BCUT2D eigenvalue weighted by Gasteiger charge is -2.61. The van der Waals surface area contributed by atoms with E-state index in [0.29, 0.717) is 72.6 Å². The van der Waals surface area contributed by atoms with Gasteiger partial charge in [-0.25, -0.2) is 19.0 Å². The number of carbonyl (C=O) groups excluding carboxylic acids is 1. The Hall–Kier alpha value is -4.12. The second-order valence-electron chi connectivity index (χ2n) is 11.7. The number of amides is 1. The normalized spacial score (nSPS) is 18.8. The topological polar surface area (TPSA) is 124 Å². The maximum absolute atomic E-state index is 13.5. The van der Waals surface area contributed by atoms with Crippen molar-refractivity contribution in [3.63, 3.8) is 0 Å². The first kappa shape index (κ1) is 27.7. The van der Waals surface area contributed by atoms with Crippen molar-refractivity contribution < 1.29 is 19.0 Å². The van der Waals surface area contributed by atoms with Crippen molar-refractivity contribution in [2.45, 2.75) is 31.9 Å². The minimum Gasteiger partial charge on any atom is -0.381 e. The summed E-state index contributed by atoms with van der Waals surface area (Å²) in [5.41, 5.74) is 1.51. The van der Waals surface area contributed by atoms with Crippen LogP contribution in [0.15, 0.2) is 36.5 Å². The summed E-state index contributed by atoms with van der Waals surface area (Å²) in [4.78, 5) is 28.8. The zero-order valence-electron chi connectivity index (χ0n) is 24.0. The molecule has 3 aliphatic heterocycles. The lowest BCUT2D eigenvalue weighted by Crippen LogP contribution is -2.75. The first-order chi connectivity index (χ1) is 20.7. The van der Waals surface area contributed by atoms with E-state index in [1.807, 2.05) is 29.7 Å². The number of carbonyl (C=O) groups is 1. The second kappa shape index (κ2) is 10.3. The van der Waals surface area contributed by atoms with Crippen molar-refractivity contribution in [2.75, 3.05) is 56.2 Å². The summed E-state index contributed by atoms with van der Waals surface area (Å²) in [5, 5.41) is 26.8. The van der Waals surface area contributed by atoms with Gasteiger partial charge >= 0.3 is 0 Å². The molecule has 1 amide bonds. The van der Waals surface area contributed by atoms with E-state index in [1.165, 1.54) is 23.5 Å². The third-order valence-corrected chi connectivity index (χ3v) is 9.80. The lowest BCUT2D eigenvalue weighted by molar-refractivity contribution is -0.174. The number of thiazole rings is 1. The summed E-state index contributed by atoms with van der Waals surface area (Å²) in [5.74, 6) is 0.296. The number of hydrogen-bond donors (Lipinski definition) is 1. The van der Waals surface area contributed by atoms with Gasteiger partial charge in [0.2, 0.25) is 0 Å². The number of nitriles is 1. The van der Waals surface area contributed by atoms with Crippen molar-refractivity contribution in [1.82, 2.24) is 24.6 Å². The van der Waals surface area contributed by atoms with Crippen LogP contribution in [-0.4, -0.2) is 87.7 Å². The Morgan fingerprint density at radius 3 is 2.60 bits per heavy atom. The average Bonchev–Trinajstić information content (AvgIpc) is 3.57. The summed E-state index contributed by atoms with van der Waals surface area (Å²) >= 11 is 1.27. The molecule has 43 heavy (non-hydrogen) atoms. The number of fused-ring (bicyclic) bond motifs is 1. The van der Waals surface area contributed by atoms with Gasteiger partial charge in [-0.1, -0.05) is 11.3 Å². The summed E-state index contributed by atoms with van der Waals surface area (Å²) in [6.45, 7) is 6.34. The van der Waals surface area contributed by atoms with Gasteiger partial charge in [-0.2, -0.15) is 10.4 Å². The molecule has 4 aromatic rings. The zero-order valence-corrected chi connectivity index (χ0v) is 24.8. The number of nitrogens with zero attached hydrogens (tertiary/aromatic N) is 8. The molecule has 0 bridgehead atoms. The third kappa shape index (κ3) is 4.61. The van der Waals surface area contributed by atoms with Crippen LogP contribution >= 0.6 is 11.3 Å². The molecule has 0 saturated carbocycles. The molecule has 11 nitrogen and oxygen atoms in total. The molecule has 3 aromatic heterocycles. The van der Waals surface area contributed by atoms with Crippen LogP contribution in [0.1, 0.15) is 24.6 Å². The van der Waals surface area contributed by atoms with Gasteiger partial charge in [-0.05, 0) is 37.3 Å². The van der Waals surface area contributed by atoms with E-state index in [4.69, 9.17) is 14.8 Å². The van der Waals surface area contributed by atoms with E-state index in [-0.39, 0.29) is 17.1 Å². The summed E-state index contributed by atoms with van der Waals surface area (Å²) in [6.07, 6.45) is 2.53. The molecule has 0 radical (unpaired) electrons.